The van der Waals surface area contributed by atoms with E-state index in [-0.39, 0.29) is 5.82 Å². The van der Waals surface area contributed by atoms with Gasteiger partial charge in [0.25, 0.3) is 0 Å². The first-order valence-electron chi connectivity index (χ1n) is 3.62. The number of hydrogen-bond donors (Lipinski definition) is 1. The third-order valence-corrected chi connectivity index (χ3v) is 2.10. The lowest BCUT2D eigenvalue weighted by Gasteiger charge is -1.89. The molecule has 2 aromatic rings. The van der Waals surface area contributed by atoms with E-state index in [1.807, 2.05) is 0 Å². The quantitative estimate of drug-likeness (QED) is 0.645. The van der Waals surface area contributed by atoms with Crippen molar-refractivity contribution in [2.75, 3.05) is 0 Å². The van der Waals surface area contributed by atoms with Crippen LogP contribution in [0.5, 0.6) is 0 Å². The summed E-state index contributed by atoms with van der Waals surface area (Å²) < 4.78 is 13.2. The molecule has 0 fully saturated rings. The van der Waals surface area contributed by atoms with E-state index in [0.29, 0.717) is 16.1 Å². The molecule has 0 spiro atoms. The van der Waals surface area contributed by atoms with Gasteiger partial charge in [-0.3, -0.25) is 0 Å². The highest BCUT2D eigenvalue weighted by molar-refractivity contribution is 6.31. The summed E-state index contributed by atoms with van der Waals surface area (Å²) in [7, 11) is 0. The van der Waals surface area contributed by atoms with Crippen LogP contribution in [-0.4, -0.2) is 4.98 Å². The summed E-state index contributed by atoms with van der Waals surface area (Å²) in [6.07, 6.45) is 0. The van der Waals surface area contributed by atoms with Gasteiger partial charge in [-0.2, -0.15) is 0 Å². The Balaban J connectivity index is 2.88. The van der Waals surface area contributed by atoms with Crippen molar-refractivity contribution in [3.05, 3.63) is 34.7 Å². The second kappa shape index (κ2) is 2.49. The average Bonchev–Trinajstić information content (AvgIpc) is 2.31. The molecule has 0 radical (unpaired) electrons. The summed E-state index contributed by atoms with van der Waals surface area (Å²) in [6, 6.07) is 5.13. The van der Waals surface area contributed by atoms with E-state index in [4.69, 9.17) is 11.6 Å². The van der Waals surface area contributed by atoms with Gasteiger partial charge in [0.1, 0.15) is 0 Å². The smallest absolute Gasteiger partial charge is 0.151 e. The third kappa shape index (κ3) is 0.994. The van der Waals surface area contributed by atoms with Crippen LogP contribution >= 0.6 is 11.6 Å². The highest BCUT2D eigenvalue weighted by Gasteiger charge is 2.06. The second-order valence-corrected chi connectivity index (χ2v) is 3.19. The molecule has 0 unspecified atom stereocenters. The maximum atomic E-state index is 13.2. The molecular weight excluding hydrogens is 177 g/mol. The SMILES string of the molecule is Cc1[nH]c2ccc(Cl)cc2c1F. The molecular formula is C9H7ClFN. The van der Waals surface area contributed by atoms with E-state index < -0.39 is 0 Å². The normalized spacial score (nSPS) is 10.9. The Morgan fingerprint density at radius 1 is 1.42 bits per heavy atom. The summed E-state index contributed by atoms with van der Waals surface area (Å²) in [6.45, 7) is 1.70. The number of nitrogens with one attached hydrogen (secondary N) is 1. The minimum Gasteiger partial charge on any atom is -0.356 e. The number of aromatic nitrogens is 1. The van der Waals surface area contributed by atoms with Gasteiger partial charge in [-0.05, 0) is 25.1 Å². The lowest BCUT2D eigenvalue weighted by atomic mass is 10.2. The van der Waals surface area contributed by atoms with E-state index in [1.54, 1.807) is 25.1 Å². The average molecular weight is 184 g/mol. The number of hydrogen-bond acceptors (Lipinski definition) is 0. The maximum Gasteiger partial charge on any atom is 0.151 e. The third-order valence-electron chi connectivity index (χ3n) is 1.87. The van der Waals surface area contributed by atoms with Crippen LogP contribution in [-0.2, 0) is 0 Å². The number of H-pyrrole nitrogens is 1. The molecule has 0 amide bonds. The molecule has 0 atom stereocenters. The van der Waals surface area contributed by atoms with Crippen molar-refractivity contribution < 1.29 is 4.39 Å². The maximum absolute atomic E-state index is 13.2. The van der Waals surface area contributed by atoms with Crippen LogP contribution in [0.2, 0.25) is 5.02 Å². The summed E-state index contributed by atoms with van der Waals surface area (Å²) in [4.78, 5) is 2.92. The summed E-state index contributed by atoms with van der Waals surface area (Å²) in [5.74, 6) is -0.215. The van der Waals surface area contributed by atoms with Crippen molar-refractivity contribution in [2.45, 2.75) is 6.92 Å². The van der Waals surface area contributed by atoms with Crippen LogP contribution in [0.3, 0.4) is 0 Å². The molecule has 1 aromatic carbocycles. The molecule has 2 rings (SSSR count). The van der Waals surface area contributed by atoms with Crippen LogP contribution in [0.25, 0.3) is 10.9 Å². The van der Waals surface area contributed by atoms with E-state index in [2.05, 4.69) is 4.98 Å². The van der Waals surface area contributed by atoms with Crippen molar-refractivity contribution >= 4 is 22.5 Å². The van der Waals surface area contributed by atoms with E-state index in [0.717, 1.165) is 5.52 Å². The Kier molecular flexibility index (Phi) is 1.58. The summed E-state index contributed by atoms with van der Waals surface area (Å²) in [5, 5.41) is 1.11. The molecule has 0 saturated heterocycles. The predicted octanol–water partition coefficient (Wildman–Crippen LogP) is 3.27. The van der Waals surface area contributed by atoms with Crippen LogP contribution in [0.15, 0.2) is 18.2 Å². The fourth-order valence-corrected chi connectivity index (χ4v) is 1.44. The number of rotatable bonds is 0. The van der Waals surface area contributed by atoms with Gasteiger partial charge in [0.15, 0.2) is 5.82 Å². The topological polar surface area (TPSA) is 15.8 Å². The van der Waals surface area contributed by atoms with Gasteiger partial charge >= 0.3 is 0 Å². The summed E-state index contributed by atoms with van der Waals surface area (Å²) in [5.41, 5.74) is 1.33. The Hall–Kier alpha value is -1.02. The molecule has 0 bridgehead atoms. The van der Waals surface area contributed by atoms with Gasteiger partial charge in [-0.15, -0.1) is 0 Å². The zero-order chi connectivity index (χ0) is 8.72. The Morgan fingerprint density at radius 3 is 2.92 bits per heavy atom. The zero-order valence-electron chi connectivity index (χ0n) is 6.49. The minimum atomic E-state index is -0.215. The molecule has 0 saturated carbocycles. The van der Waals surface area contributed by atoms with Crippen LogP contribution in [0.1, 0.15) is 5.69 Å². The Labute approximate surface area is 74.2 Å². The zero-order valence-corrected chi connectivity index (χ0v) is 7.24. The van der Waals surface area contributed by atoms with Crippen molar-refractivity contribution in [1.82, 2.24) is 4.98 Å². The van der Waals surface area contributed by atoms with Gasteiger partial charge < -0.3 is 4.98 Å². The van der Waals surface area contributed by atoms with Crippen LogP contribution in [0, 0.1) is 12.7 Å². The second-order valence-electron chi connectivity index (χ2n) is 2.75. The number of aromatic amines is 1. The Bertz CT molecular complexity index is 433. The molecule has 12 heavy (non-hydrogen) atoms. The molecule has 1 heterocycles. The highest BCUT2D eigenvalue weighted by atomic mass is 35.5. The lowest BCUT2D eigenvalue weighted by molar-refractivity contribution is 0.629. The molecule has 1 N–H and O–H groups in total. The predicted molar refractivity (Wildman–Crippen MR) is 48.0 cm³/mol. The van der Waals surface area contributed by atoms with Gasteiger partial charge in [0, 0.05) is 21.6 Å². The van der Waals surface area contributed by atoms with Crippen LogP contribution in [0.4, 0.5) is 4.39 Å². The van der Waals surface area contributed by atoms with E-state index in [1.165, 1.54) is 0 Å². The molecule has 0 aliphatic rings. The summed E-state index contributed by atoms with van der Waals surface area (Å²) >= 11 is 5.72. The van der Waals surface area contributed by atoms with Gasteiger partial charge in [-0.1, -0.05) is 11.6 Å². The van der Waals surface area contributed by atoms with Gasteiger partial charge in [0.2, 0.25) is 0 Å². The standard InChI is InChI=1S/C9H7ClFN/c1-5-9(11)7-4-6(10)2-3-8(7)12-5/h2-4,12H,1H3. The first-order valence-corrected chi connectivity index (χ1v) is 3.99. The number of benzene rings is 1. The van der Waals surface area contributed by atoms with Crippen molar-refractivity contribution in [2.24, 2.45) is 0 Å². The fraction of sp³-hybridized carbons (Fsp3) is 0.111. The minimum absolute atomic E-state index is 0.215. The van der Waals surface area contributed by atoms with Crippen molar-refractivity contribution in [3.63, 3.8) is 0 Å². The van der Waals surface area contributed by atoms with Gasteiger partial charge in [-0.25, -0.2) is 4.39 Å². The van der Waals surface area contributed by atoms with Crippen molar-refractivity contribution in [1.29, 1.82) is 0 Å². The first kappa shape index (κ1) is 7.62. The highest BCUT2D eigenvalue weighted by Crippen LogP contribution is 2.23. The monoisotopic (exact) mass is 183 g/mol. The molecule has 0 aliphatic heterocycles. The fourth-order valence-electron chi connectivity index (χ4n) is 1.27. The van der Waals surface area contributed by atoms with E-state index in [9.17, 15) is 4.39 Å². The van der Waals surface area contributed by atoms with Gasteiger partial charge in [0.05, 0.1) is 0 Å². The largest absolute Gasteiger partial charge is 0.356 e. The molecule has 0 aliphatic carbocycles. The number of aryl methyl sites for hydroxylation is 1. The molecule has 3 heteroatoms. The number of fused-ring (bicyclic) bond motifs is 1. The molecule has 1 nitrogen and oxygen atoms in total. The van der Waals surface area contributed by atoms with Crippen molar-refractivity contribution in [3.8, 4) is 0 Å². The lowest BCUT2D eigenvalue weighted by Crippen LogP contribution is -1.72. The first-order chi connectivity index (χ1) is 5.68. The van der Waals surface area contributed by atoms with Crippen LogP contribution < -0.4 is 0 Å². The van der Waals surface area contributed by atoms with E-state index >= 15 is 0 Å². The molecule has 1 aromatic heterocycles. The Morgan fingerprint density at radius 2 is 2.17 bits per heavy atom. The molecule has 62 valence electrons. The number of halogens is 2.